The van der Waals surface area contributed by atoms with Crippen LogP contribution in [0.5, 0.6) is 5.75 Å². The fourth-order valence-corrected chi connectivity index (χ4v) is 1.11. The molecule has 90 valence electrons. The summed E-state index contributed by atoms with van der Waals surface area (Å²) in [6.07, 6.45) is 0. The van der Waals surface area contributed by atoms with E-state index in [0.29, 0.717) is 5.56 Å². The summed E-state index contributed by atoms with van der Waals surface area (Å²) < 4.78 is 0. The molecule has 0 aliphatic carbocycles. The maximum Gasteiger partial charge on any atom is 0.223 e. The van der Waals surface area contributed by atoms with Crippen molar-refractivity contribution in [1.29, 1.82) is 0 Å². The molecule has 0 saturated carbocycles. The molecule has 7 N–H and O–H groups in total. The molecule has 0 radical (unpaired) electrons. The third kappa shape index (κ3) is 3.49. The number of phenols is 1. The number of aromatic hydroxyl groups is 1. The number of hydrogen-bond donors (Lipinski definition) is 4. The standard InChI is InChI=1S/C10H13N5O2/c1-5(16)6-2-3-8(17)7(4-6)14-10(13)15-9(11)12/h2-4,17H,1H3,(H6,11,12,13,14,15). The van der Waals surface area contributed by atoms with Crippen molar-refractivity contribution < 1.29 is 9.90 Å². The zero-order valence-corrected chi connectivity index (χ0v) is 9.21. The predicted octanol–water partition coefficient (Wildman–Crippen LogP) is -0.186. The van der Waals surface area contributed by atoms with E-state index in [1.807, 2.05) is 0 Å². The molecule has 7 nitrogen and oxygen atoms in total. The first-order chi connectivity index (χ1) is 7.90. The van der Waals surface area contributed by atoms with Crippen LogP contribution in [0.4, 0.5) is 5.69 Å². The van der Waals surface area contributed by atoms with Gasteiger partial charge in [0.25, 0.3) is 0 Å². The lowest BCUT2D eigenvalue weighted by atomic mass is 10.1. The molecule has 7 heteroatoms. The monoisotopic (exact) mass is 235 g/mol. The van der Waals surface area contributed by atoms with Gasteiger partial charge in [-0.15, -0.1) is 0 Å². The molecule has 1 rings (SSSR count). The summed E-state index contributed by atoms with van der Waals surface area (Å²) in [7, 11) is 0. The van der Waals surface area contributed by atoms with E-state index in [-0.39, 0.29) is 29.1 Å². The number of ketones is 1. The van der Waals surface area contributed by atoms with Crippen LogP contribution in [0.3, 0.4) is 0 Å². The lowest BCUT2D eigenvalue weighted by Gasteiger charge is -2.02. The van der Waals surface area contributed by atoms with Crippen LogP contribution in [0.25, 0.3) is 0 Å². The SMILES string of the molecule is CC(=O)c1ccc(O)c(N=C(N)N=C(N)N)c1. The number of guanidine groups is 2. The van der Waals surface area contributed by atoms with Crippen molar-refractivity contribution in [2.75, 3.05) is 0 Å². The first-order valence-electron chi connectivity index (χ1n) is 4.68. The highest BCUT2D eigenvalue weighted by molar-refractivity contribution is 5.97. The zero-order valence-electron chi connectivity index (χ0n) is 9.21. The number of phenolic OH excluding ortho intramolecular Hbond substituents is 1. The zero-order chi connectivity index (χ0) is 13.0. The Bertz CT molecular complexity index is 503. The Morgan fingerprint density at radius 1 is 1.29 bits per heavy atom. The molecule has 1 aromatic rings. The third-order valence-corrected chi connectivity index (χ3v) is 1.86. The maximum absolute atomic E-state index is 11.1. The molecule has 17 heavy (non-hydrogen) atoms. The topological polar surface area (TPSA) is 140 Å². The summed E-state index contributed by atoms with van der Waals surface area (Å²) in [6, 6.07) is 4.22. The molecule has 0 unspecified atom stereocenters. The minimum Gasteiger partial charge on any atom is -0.506 e. The molecule has 0 aliphatic heterocycles. The molecule has 0 atom stereocenters. The van der Waals surface area contributed by atoms with Crippen LogP contribution in [0.15, 0.2) is 28.2 Å². The molecule has 0 spiro atoms. The van der Waals surface area contributed by atoms with Gasteiger partial charge in [-0.1, -0.05) is 0 Å². The Balaban J connectivity index is 3.18. The van der Waals surface area contributed by atoms with Crippen molar-refractivity contribution in [3.8, 4) is 5.75 Å². The van der Waals surface area contributed by atoms with E-state index in [4.69, 9.17) is 17.2 Å². The molecular formula is C10H13N5O2. The highest BCUT2D eigenvalue weighted by Crippen LogP contribution is 2.27. The Hall–Kier alpha value is -2.57. The molecule has 0 fully saturated rings. The van der Waals surface area contributed by atoms with Gasteiger partial charge in [0.2, 0.25) is 5.96 Å². The number of aliphatic imine (C=N–C) groups is 2. The highest BCUT2D eigenvalue weighted by Gasteiger charge is 2.05. The summed E-state index contributed by atoms with van der Waals surface area (Å²) >= 11 is 0. The second-order valence-electron chi connectivity index (χ2n) is 3.27. The van der Waals surface area contributed by atoms with E-state index in [1.54, 1.807) is 0 Å². The minimum absolute atomic E-state index is 0.122. The number of carbonyl (C=O) groups excluding carboxylic acids is 1. The normalized spacial score (nSPS) is 11.0. The summed E-state index contributed by atoms with van der Waals surface area (Å²) in [5.41, 5.74) is 16.2. The molecule has 0 aliphatic rings. The van der Waals surface area contributed by atoms with E-state index in [0.717, 1.165) is 0 Å². The number of benzene rings is 1. The van der Waals surface area contributed by atoms with E-state index in [9.17, 15) is 9.90 Å². The van der Waals surface area contributed by atoms with Crippen molar-refractivity contribution in [1.82, 2.24) is 0 Å². The summed E-state index contributed by atoms with van der Waals surface area (Å²) in [5, 5.41) is 9.51. The number of carbonyl (C=O) groups is 1. The van der Waals surface area contributed by atoms with Crippen LogP contribution in [-0.2, 0) is 0 Å². The van der Waals surface area contributed by atoms with Crippen LogP contribution < -0.4 is 17.2 Å². The van der Waals surface area contributed by atoms with Crippen LogP contribution in [0.1, 0.15) is 17.3 Å². The van der Waals surface area contributed by atoms with E-state index in [2.05, 4.69) is 9.98 Å². The first-order valence-corrected chi connectivity index (χ1v) is 4.68. The molecule has 1 aromatic carbocycles. The number of nitrogens with two attached hydrogens (primary N) is 3. The Morgan fingerprint density at radius 3 is 2.47 bits per heavy atom. The third-order valence-electron chi connectivity index (χ3n) is 1.86. The van der Waals surface area contributed by atoms with Crippen LogP contribution in [0.2, 0.25) is 0 Å². The molecule has 0 heterocycles. The molecule has 0 saturated heterocycles. The van der Waals surface area contributed by atoms with Crippen molar-refractivity contribution in [2.24, 2.45) is 27.2 Å². The van der Waals surface area contributed by atoms with Gasteiger partial charge in [0.1, 0.15) is 11.4 Å². The van der Waals surface area contributed by atoms with E-state index < -0.39 is 0 Å². The van der Waals surface area contributed by atoms with Gasteiger partial charge in [-0.3, -0.25) is 4.79 Å². The number of rotatable bonds is 2. The lowest BCUT2D eigenvalue weighted by molar-refractivity contribution is 0.101. The van der Waals surface area contributed by atoms with Gasteiger partial charge in [0.15, 0.2) is 11.7 Å². The smallest absolute Gasteiger partial charge is 0.223 e. The van der Waals surface area contributed by atoms with E-state index >= 15 is 0 Å². The highest BCUT2D eigenvalue weighted by atomic mass is 16.3. The fourth-order valence-electron chi connectivity index (χ4n) is 1.11. The van der Waals surface area contributed by atoms with Gasteiger partial charge in [-0.25, -0.2) is 4.99 Å². The first kappa shape index (κ1) is 12.5. The van der Waals surface area contributed by atoms with Gasteiger partial charge in [0.05, 0.1) is 0 Å². The maximum atomic E-state index is 11.1. The van der Waals surface area contributed by atoms with Crippen LogP contribution >= 0.6 is 0 Å². The second-order valence-corrected chi connectivity index (χ2v) is 3.27. The number of hydrogen-bond acceptors (Lipinski definition) is 3. The Kier molecular flexibility index (Phi) is 3.66. The number of Topliss-reactive ketones (excluding diaryl/α,β-unsaturated/α-hetero) is 1. The Labute approximate surface area is 97.7 Å². The predicted molar refractivity (Wildman–Crippen MR) is 65.2 cm³/mol. The fraction of sp³-hybridized carbons (Fsp3) is 0.100. The quantitative estimate of drug-likeness (QED) is 0.319. The van der Waals surface area contributed by atoms with Gasteiger partial charge in [0, 0.05) is 5.56 Å². The lowest BCUT2D eigenvalue weighted by Crippen LogP contribution is -2.26. The molecule has 0 aromatic heterocycles. The van der Waals surface area contributed by atoms with Crippen LogP contribution in [-0.4, -0.2) is 22.8 Å². The van der Waals surface area contributed by atoms with Gasteiger partial charge < -0.3 is 22.3 Å². The van der Waals surface area contributed by atoms with Crippen LogP contribution in [0, 0.1) is 0 Å². The summed E-state index contributed by atoms with van der Waals surface area (Å²) in [6.45, 7) is 1.40. The van der Waals surface area contributed by atoms with Crippen molar-refractivity contribution in [3.63, 3.8) is 0 Å². The average molecular weight is 235 g/mol. The molecule has 0 amide bonds. The minimum atomic E-state index is -0.242. The van der Waals surface area contributed by atoms with Crippen molar-refractivity contribution in [2.45, 2.75) is 6.92 Å². The van der Waals surface area contributed by atoms with Gasteiger partial charge in [-0.2, -0.15) is 4.99 Å². The number of nitrogens with zero attached hydrogens (tertiary/aromatic N) is 2. The van der Waals surface area contributed by atoms with Gasteiger partial charge in [-0.05, 0) is 25.1 Å². The van der Waals surface area contributed by atoms with Crippen molar-refractivity contribution in [3.05, 3.63) is 23.8 Å². The van der Waals surface area contributed by atoms with E-state index in [1.165, 1.54) is 25.1 Å². The van der Waals surface area contributed by atoms with Gasteiger partial charge >= 0.3 is 0 Å². The second kappa shape index (κ2) is 4.97. The largest absolute Gasteiger partial charge is 0.506 e. The molecule has 0 bridgehead atoms. The van der Waals surface area contributed by atoms with Crippen molar-refractivity contribution >= 4 is 23.4 Å². The average Bonchev–Trinajstić information content (AvgIpc) is 2.19. The Morgan fingerprint density at radius 2 is 1.94 bits per heavy atom. The molecular weight excluding hydrogens is 222 g/mol. The summed E-state index contributed by atoms with van der Waals surface area (Å²) in [5.74, 6) is -0.722. The summed E-state index contributed by atoms with van der Waals surface area (Å²) in [4.78, 5) is 18.4.